The molecule has 3 rings (SSSR count). The van der Waals surface area contributed by atoms with E-state index < -0.39 is 0 Å². The Morgan fingerprint density at radius 1 is 0.750 bits per heavy atom. The molecule has 3 aromatic carbocycles. The summed E-state index contributed by atoms with van der Waals surface area (Å²) in [5, 5.41) is 0. The maximum absolute atomic E-state index is 5.76. The predicted octanol–water partition coefficient (Wildman–Crippen LogP) is 4.80. The molecule has 3 aromatic rings. The van der Waals surface area contributed by atoms with E-state index in [1.165, 1.54) is 0 Å². The molecule has 0 aliphatic rings. The minimum atomic E-state index is 0.893. The van der Waals surface area contributed by atoms with Crippen LogP contribution in [0.25, 0.3) is 22.3 Å². The zero-order valence-electron chi connectivity index (χ0n) is 11.0. The average molecular weight is 253 g/mol. The number of rotatable bonds is 2. The molecule has 0 bridgehead atoms. The zero-order chi connectivity index (χ0) is 13.8. The molecule has 0 nitrogen and oxygen atoms in total. The van der Waals surface area contributed by atoms with E-state index in [0.717, 1.165) is 27.8 Å². The van der Waals surface area contributed by atoms with Gasteiger partial charge in [0.15, 0.2) is 0 Å². The average Bonchev–Trinajstić information content (AvgIpc) is 2.55. The van der Waals surface area contributed by atoms with Crippen LogP contribution in [-0.2, 0) is 0 Å². The summed E-state index contributed by atoms with van der Waals surface area (Å²) in [4.78, 5) is 0. The van der Waals surface area contributed by atoms with Crippen molar-refractivity contribution >= 4 is 0 Å². The van der Waals surface area contributed by atoms with Crippen molar-refractivity contribution in [3.05, 3.63) is 84.4 Å². The molecule has 0 fully saturated rings. The molecule has 1 radical (unpaired) electrons. The second-order valence-corrected chi connectivity index (χ2v) is 4.52. The van der Waals surface area contributed by atoms with Crippen LogP contribution in [0.4, 0.5) is 0 Å². The Kier molecular flexibility index (Phi) is 3.35. The maximum Gasteiger partial charge on any atom is 0.0405 e. The highest BCUT2D eigenvalue weighted by Gasteiger charge is 2.09. The van der Waals surface area contributed by atoms with Crippen molar-refractivity contribution in [2.75, 3.05) is 0 Å². The molecule has 0 heterocycles. The Bertz CT molecular complexity index is 689. The summed E-state index contributed by atoms with van der Waals surface area (Å²) in [6.45, 7) is 0. The first-order valence-electron chi connectivity index (χ1n) is 6.52. The molecular weight excluding hydrogens is 240 g/mol. The molecule has 0 saturated heterocycles. The summed E-state index contributed by atoms with van der Waals surface area (Å²) < 4.78 is 0. The van der Waals surface area contributed by atoms with Crippen LogP contribution < -0.4 is 0 Å². The lowest BCUT2D eigenvalue weighted by atomic mass is 9.92. The second-order valence-electron chi connectivity index (χ2n) is 4.52. The van der Waals surface area contributed by atoms with Crippen LogP contribution in [0.3, 0.4) is 0 Å². The molecule has 0 aliphatic carbocycles. The van der Waals surface area contributed by atoms with Crippen LogP contribution in [0.2, 0.25) is 0 Å². The molecule has 20 heavy (non-hydrogen) atoms. The van der Waals surface area contributed by atoms with Gasteiger partial charge in [-0.25, -0.2) is 0 Å². The van der Waals surface area contributed by atoms with E-state index in [-0.39, 0.29) is 0 Å². The molecule has 0 aliphatic heterocycles. The lowest BCUT2D eigenvalue weighted by Crippen LogP contribution is -1.89. The van der Waals surface area contributed by atoms with Crippen LogP contribution in [0, 0.1) is 18.4 Å². The van der Waals surface area contributed by atoms with Crippen LogP contribution in [0.15, 0.2) is 72.8 Å². The zero-order valence-corrected chi connectivity index (χ0v) is 11.0. The van der Waals surface area contributed by atoms with Crippen molar-refractivity contribution in [3.63, 3.8) is 0 Å². The number of hydrogen-bond acceptors (Lipinski definition) is 0. The Hall–Kier alpha value is -2.78. The van der Waals surface area contributed by atoms with Crippen LogP contribution in [-0.4, -0.2) is 0 Å². The van der Waals surface area contributed by atoms with Gasteiger partial charge in [0.1, 0.15) is 0 Å². The smallest absolute Gasteiger partial charge is 0.0405 e. The van der Waals surface area contributed by atoms with Gasteiger partial charge < -0.3 is 0 Å². The van der Waals surface area contributed by atoms with Gasteiger partial charge in [0.25, 0.3) is 0 Å². The third-order valence-electron chi connectivity index (χ3n) is 3.29. The van der Waals surface area contributed by atoms with Gasteiger partial charge in [-0.1, -0.05) is 78.7 Å². The molecule has 0 unspecified atom stereocenters. The van der Waals surface area contributed by atoms with Crippen LogP contribution in [0.1, 0.15) is 5.56 Å². The predicted molar refractivity (Wildman–Crippen MR) is 84.1 cm³/mol. The van der Waals surface area contributed by atoms with Gasteiger partial charge in [0.05, 0.1) is 0 Å². The van der Waals surface area contributed by atoms with E-state index in [9.17, 15) is 0 Å². The molecule has 0 heteroatoms. The van der Waals surface area contributed by atoms with Crippen molar-refractivity contribution in [2.24, 2.45) is 0 Å². The fourth-order valence-corrected chi connectivity index (χ4v) is 2.34. The van der Waals surface area contributed by atoms with Crippen molar-refractivity contribution < 1.29 is 0 Å². The Balaban J connectivity index is 2.22. The van der Waals surface area contributed by atoms with E-state index in [1.54, 1.807) is 0 Å². The van der Waals surface area contributed by atoms with Gasteiger partial charge in [0.2, 0.25) is 0 Å². The minimum Gasteiger partial charge on any atom is -0.115 e. The summed E-state index contributed by atoms with van der Waals surface area (Å²) in [5.41, 5.74) is 5.18. The van der Waals surface area contributed by atoms with Gasteiger partial charge in [0, 0.05) is 11.1 Å². The number of benzene rings is 3. The summed E-state index contributed by atoms with van der Waals surface area (Å²) in [7, 11) is 0. The fraction of sp³-hybridized carbons (Fsp3) is 0. The monoisotopic (exact) mass is 253 g/mol. The fourth-order valence-electron chi connectivity index (χ4n) is 2.34. The first kappa shape index (κ1) is 12.3. The highest BCUT2D eigenvalue weighted by molar-refractivity contribution is 5.81. The van der Waals surface area contributed by atoms with Crippen molar-refractivity contribution in [1.82, 2.24) is 0 Å². The highest BCUT2D eigenvalue weighted by atomic mass is 14.1. The maximum atomic E-state index is 5.76. The third-order valence-corrected chi connectivity index (χ3v) is 3.29. The van der Waals surface area contributed by atoms with E-state index >= 15 is 0 Å². The lowest BCUT2D eigenvalue weighted by Gasteiger charge is -2.10. The molecule has 0 atom stereocenters. The first-order valence-corrected chi connectivity index (χ1v) is 6.52. The molecular formula is C20H13. The van der Waals surface area contributed by atoms with Crippen LogP contribution in [0.5, 0.6) is 0 Å². The van der Waals surface area contributed by atoms with Gasteiger partial charge in [-0.3, -0.25) is 0 Å². The largest absolute Gasteiger partial charge is 0.115 e. The summed E-state index contributed by atoms with van der Waals surface area (Å²) in [6, 6.07) is 27.6. The third kappa shape index (κ3) is 2.22. The Morgan fingerprint density at radius 3 is 1.95 bits per heavy atom. The van der Waals surface area contributed by atoms with E-state index in [2.05, 4.69) is 36.3 Å². The molecule has 0 aromatic heterocycles. The summed E-state index contributed by atoms with van der Waals surface area (Å²) in [6.07, 6.45) is 5.76. The molecule has 0 spiro atoms. The Morgan fingerprint density at radius 2 is 1.35 bits per heavy atom. The van der Waals surface area contributed by atoms with Gasteiger partial charge in [-0.2, -0.15) is 0 Å². The topological polar surface area (TPSA) is 0 Å². The van der Waals surface area contributed by atoms with E-state index in [4.69, 9.17) is 6.42 Å². The lowest BCUT2D eigenvalue weighted by molar-refractivity contribution is 1.55. The van der Waals surface area contributed by atoms with E-state index in [1.807, 2.05) is 48.5 Å². The normalized spacial score (nSPS) is 9.95. The van der Waals surface area contributed by atoms with Gasteiger partial charge >= 0.3 is 0 Å². The summed E-state index contributed by atoms with van der Waals surface area (Å²) >= 11 is 0. The molecule has 93 valence electrons. The summed E-state index contributed by atoms with van der Waals surface area (Å²) in [5.74, 6) is 2.83. The standard InChI is InChI=1S/C20H13/c1-2-18-19(16-10-5-3-6-11-16)14-9-15-20(18)17-12-7-4-8-13-17/h1,3-14H. The minimum absolute atomic E-state index is 0.893. The van der Waals surface area contributed by atoms with Gasteiger partial charge in [-0.15, -0.1) is 6.42 Å². The van der Waals surface area contributed by atoms with Crippen LogP contribution >= 0.6 is 0 Å². The Labute approximate surface area is 119 Å². The van der Waals surface area contributed by atoms with Crippen molar-refractivity contribution in [3.8, 4) is 34.6 Å². The van der Waals surface area contributed by atoms with Crippen molar-refractivity contribution in [2.45, 2.75) is 0 Å². The molecule has 0 amide bonds. The molecule has 0 saturated carbocycles. The molecule has 0 N–H and O–H groups in total. The van der Waals surface area contributed by atoms with Gasteiger partial charge in [-0.05, 0) is 22.8 Å². The second kappa shape index (κ2) is 5.47. The highest BCUT2D eigenvalue weighted by Crippen LogP contribution is 2.31. The van der Waals surface area contributed by atoms with Crippen molar-refractivity contribution in [1.29, 1.82) is 0 Å². The van der Waals surface area contributed by atoms with E-state index in [0.29, 0.717) is 0 Å². The number of terminal acetylenes is 1. The first-order chi connectivity index (χ1) is 9.90. The SMILES string of the molecule is C#Cc1c(-c2ccccc2)[c]ccc1-c1ccccc1. The quantitative estimate of drug-likeness (QED) is 0.575. The number of hydrogen-bond donors (Lipinski definition) is 0.